The molecule has 3 aromatic heterocycles. The van der Waals surface area contributed by atoms with E-state index in [1.807, 2.05) is 34.9 Å². The summed E-state index contributed by atoms with van der Waals surface area (Å²) in [5, 5.41) is 9.85. The predicted octanol–water partition coefficient (Wildman–Crippen LogP) is 6.33. The molecule has 5 aromatic rings. The molecule has 0 fully saturated rings. The van der Waals surface area contributed by atoms with Gasteiger partial charge in [0.15, 0.2) is 0 Å². The molecule has 0 bridgehead atoms. The average molecular weight is 484 g/mol. The van der Waals surface area contributed by atoms with Crippen LogP contribution >= 0.6 is 34.8 Å². The van der Waals surface area contributed by atoms with E-state index in [2.05, 4.69) is 15.2 Å². The number of carbonyl (C=O) groups is 1. The van der Waals surface area contributed by atoms with Crippen molar-refractivity contribution in [1.82, 2.24) is 19.7 Å². The van der Waals surface area contributed by atoms with E-state index in [1.54, 1.807) is 36.5 Å². The number of nitrogens with zero attached hydrogens (tertiary/aromatic N) is 4. The van der Waals surface area contributed by atoms with Crippen molar-refractivity contribution < 1.29 is 9.21 Å². The van der Waals surface area contributed by atoms with Crippen LogP contribution in [0.25, 0.3) is 22.5 Å². The Bertz CT molecular complexity index is 1460. The van der Waals surface area contributed by atoms with Crippen LogP contribution in [-0.2, 0) is 6.54 Å². The van der Waals surface area contributed by atoms with Crippen LogP contribution in [0.5, 0.6) is 0 Å². The van der Waals surface area contributed by atoms with E-state index in [1.165, 1.54) is 0 Å². The van der Waals surface area contributed by atoms with Gasteiger partial charge in [0, 0.05) is 21.6 Å². The van der Waals surface area contributed by atoms with Crippen LogP contribution in [0, 0.1) is 0 Å². The number of fused-ring (bicyclic) bond motifs is 1. The van der Waals surface area contributed by atoms with Gasteiger partial charge in [-0.15, -0.1) is 10.2 Å². The molecule has 5 rings (SSSR count). The number of ketones is 1. The number of benzene rings is 2. The first kappa shape index (κ1) is 20.7. The summed E-state index contributed by atoms with van der Waals surface area (Å²) in [5.41, 5.74) is 2.35. The third-order valence-corrected chi connectivity index (χ3v) is 5.96. The Hall–Kier alpha value is -3.19. The summed E-state index contributed by atoms with van der Waals surface area (Å²) >= 11 is 19.1. The van der Waals surface area contributed by atoms with Gasteiger partial charge in [0.2, 0.25) is 0 Å². The standard InChI is InChI=1S/C23H13Cl3N4O2/c24-14-9-8-13(16(25)11-14)12-30-18-7-2-1-5-15(18)19(21(30)26)20(31)23-29-28-22(32-23)17-6-3-4-10-27-17/h1-11H,12H2. The molecular formula is C23H13Cl3N4O2. The summed E-state index contributed by atoms with van der Waals surface area (Å²) in [4.78, 5) is 17.5. The number of hydrogen-bond donors (Lipinski definition) is 0. The van der Waals surface area contributed by atoms with Crippen molar-refractivity contribution in [3.63, 3.8) is 0 Å². The first-order valence-corrected chi connectivity index (χ1v) is 10.7. The molecule has 0 spiro atoms. The summed E-state index contributed by atoms with van der Waals surface area (Å²) in [7, 11) is 0. The Kier molecular flexibility index (Phi) is 5.43. The van der Waals surface area contributed by atoms with E-state index in [-0.39, 0.29) is 22.5 Å². The summed E-state index contributed by atoms with van der Waals surface area (Å²) in [5.74, 6) is -0.483. The van der Waals surface area contributed by atoms with Gasteiger partial charge in [0.25, 0.3) is 17.6 Å². The van der Waals surface area contributed by atoms with E-state index < -0.39 is 5.78 Å². The number of carbonyl (C=O) groups excluding carboxylic acids is 1. The van der Waals surface area contributed by atoms with Gasteiger partial charge in [0.05, 0.1) is 17.6 Å². The molecule has 0 amide bonds. The van der Waals surface area contributed by atoms with Gasteiger partial charge in [-0.05, 0) is 35.9 Å². The van der Waals surface area contributed by atoms with Gasteiger partial charge in [-0.25, -0.2) is 0 Å². The van der Waals surface area contributed by atoms with Gasteiger partial charge < -0.3 is 8.98 Å². The minimum atomic E-state index is -0.471. The highest BCUT2D eigenvalue weighted by molar-refractivity contribution is 6.37. The highest BCUT2D eigenvalue weighted by Crippen LogP contribution is 2.34. The fourth-order valence-electron chi connectivity index (χ4n) is 3.48. The van der Waals surface area contributed by atoms with E-state index >= 15 is 0 Å². The van der Waals surface area contributed by atoms with Crippen molar-refractivity contribution in [2.75, 3.05) is 0 Å². The third kappa shape index (κ3) is 3.66. The normalized spacial score (nSPS) is 11.2. The largest absolute Gasteiger partial charge is 0.412 e. The maximum Gasteiger partial charge on any atom is 0.289 e. The Morgan fingerprint density at radius 1 is 0.969 bits per heavy atom. The molecule has 0 aliphatic carbocycles. The minimum Gasteiger partial charge on any atom is -0.412 e. The summed E-state index contributed by atoms with van der Waals surface area (Å²) < 4.78 is 7.43. The van der Waals surface area contributed by atoms with E-state index in [9.17, 15) is 4.79 Å². The molecule has 2 aromatic carbocycles. The van der Waals surface area contributed by atoms with E-state index in [0.717, 1.165) is 11.1 Å². The lowest BCUT2D eigenvalue weighted by molar-refractivity contribution is 0.100. The van der Waals surface area contributed by atoms with Crippen LogP contribution in [0.1, 0.15) is 21.8 Å². The highest BCUT2D eigenvalue weighted by atomic mass is 35.5. The molecule has 0 atom stereocenters. The third-order valence-electron chi connectivity index (χ3n) is 4.98. The van der Waals surface area contributed by atoms with Gasteiger partial charge >= 0.3 is 0 Å². The fraction of sp³-hybridized carbons (Fsp3) is 0.0435. The molecule has 3 heterocycles. The second kappa shape index (κ2) is 8.39. The number of pyridine rings is 1. The summed E-state index contributed by atoms with van der Waals surface area (Å²) in [6.07, 6.45) is 1.60. The molecular weight excluding hydrogens is 471 g/mol. The zero-order valence-corrected chi connectivity index (χ0v) is 18.6. The second-order valence-electron chi connectivity index (χ2n) is 6.96. The van der Waals surface area contributed by atoms with Crippen LogP contribution in [0.15, 0.2) is 71.3 Å². The minimum absolute atomic E-state index is 0.154. The molecule has 32 heavy (non-hydrogen) atoms. The average Bonchev–Trinajstić information content (AvgIpc) is 3.40. The molecule has 0 saturated carbocycles. The van der Waals surface area contributed by atoms with Crippen molar-refractivity contribution in [1.29, 1.82) is 0 Å². The molecule has 0 aliphatic rings. The Labute approximate surface area is 197 Å². The Morgan fingerprint density at radius 3 is 2.56 bits per heavy atom. The Morgan fingerprint density at radius 2 is 1.78 bits per heavy atom. The molecule has 158 valence electrons. The van der Waals surface area contributed by atoms with Gasteiger partial charge in [-0.1, -0.05) is 65.1 Å². The van der Waals surface area contributed by atoms with Crippen LogP contribution < -0.4 is 0 Å². The van der Waals surface area contributed by atoms with Crippen molar-refractivity contribution in [2.24, 2.45) is 0 Å². The molecule has 6 nitrogen and oxygen atoms in total. The number of rotatable bonds is 5. The van der Waals surface area contributed by atoms with Crippen LogP contribution in [0.3, 0.4) is 0 Å². The zero-order chi connectivity index (χ0) is 22.2. The summed E-state index contributed by atoms with van der Waals surface area (Å²) in [6.45, 7) is 0.353. The molecule has 0 unspecified atom stereocenters. The molecule has 9 heteroatoms. The molecule has 0 radical (unpaired) electrons. The van der Waals surface area contributed by atoms with Crippen molar-refractivity contribution >= 4 is 51.5 Å². The first-order chi connectivity index (χ1) is 15.5. The Balaban J connectivity index is 1.58. The quantitative estimate of drug-likeness (QED) is 0.273. The molecule has 0 N–H and O–H groups in total. The smallest absolute Gasteiger partial charge is 0.289 e. The topological polar surface area (TPSA) is 73.8 Å². The number of aromatic nitrogens is 4. The highest BCUT2D eigenvalue weighted by Gasteiger charge is 2.27. The van der Waals surface area contributed by atoms with E-state index in [4.69, 9.17) is 39.2 Å². The van der Waals surface area contributed by atoms with Gasteiger partial charge in [-0.3, -0.25) is 9.78 Å². The fourth-order valence-corrected chi connectivity index (χ4v) is 4.28. The zero-order valence-electron chi connectivity index (χ0n) is 16.3. The number of hydrogen-bond acceptors (Lipinski definition) is 5. The maximum atomic E-state index is 13.3. The van der Waals surface area contributed by atoms with E-state index in [0.29, 0.717) is 27.7 Å². The lowest BCUT2D eigenvalue weighted by Crippen LogP contribution is -2.04. The first-order valence-electron chi connectivity index (χ1n) is 9.53. The molecule has 0 saturated heterocycles. The monoisotopic (exact) mass is 482 g/mol. The van der Waals surface area contributed by atoms with Crippen LogP contribution in [0.2, 0.25) is 15.2 Å². The van der Waals surface area contributed by atoms with Crippen LogP contribution in [0.4, 0.5) is 0 Å². The van der Waals surface area contributed by atoms with Crippen molar-refractivity contribution in [2.45, 2.75) is 6.54 Å². The maximum absolute atomic E-state index is 13.3. The number of halogens is 3. The van der Waals surface area contributed by atoms with Crippen molar-refractivity contribution in [3.8, 4) is 11.6 Å². The lowest BCUT2D eigenvalue weighted by atomic mass is 10.1. The SMILES string of the molecule is O=C(c1nnc(-c2ccccn2)o1)c1c(Cl)n(Cc2ccc(Cl)cc2Cl)c2ccccc12. The predicted molar refractivity (Wildman–Crippen MR) is 123 cm³/mol. The van der Waals surface area contributed by atoms with Crippen molar-refractivity contribution in [3.05, 3.63) is 99.1 Å². The second-order valence-corrected chi connectivity index (χ2v) is 8.16. The van der Waals surface area contributed by atoms with Gasteiger partial charge in [0.1, 0.15) is 10.8 Å². The lowest BCUT2D eigenvalue weighted by Gasteiger charge is -2.09. The number of para-hydroxylation sites is 1. The summed E-state index contributed by atoms with van der Waals surface area (Å²) in [6, 6.07) is 18.0. The molecule has 0 aliphatic heterocycles. The van der Waals surface area contributed by atoms with Gasteiger partial charge in [-0.2, -0.15) is 0 Å². The van der Waals surface area contributed by atoms with Crippen LogP contribution in [-0.4, -0.2) is 25.5 Å².